The fourth-order valence-corrected chi connectivity index (χ4v) is 10.8. The van der Waals surface area contributed by atoms with Gasteiger partial charge in [0.25, 0.3) is 0 Å². The lowest BCUT2D eigenvalue weighted by molar-refractivity contribution is -0.153. The summed E-state index contributed by atoms with van der Waals surface area (Å²) in [5.74, 6) is 0.309. The SMILES string of the molecule is C=C1C(C[C@@H]2O[C@H](C[C@@H](CO[Si](C)(C)C(C)(C)C)O[Si](C)(C)C(C)(C)C)[C@H](OC)[C@H]2Cc2ccccc2)O[C@@H](CC[C@@H]2O[C@@H](CCCOC(=O)C(C)(C)C)CC2=C)C[C@H]1C. The largest absolute Gasteiger partial charge is 0.465 e. The number of rotatable bonds is 19. The first-order chi connectivity index (χ1) is 27.7. The highest BCUT2D eigenvalue weighted by atomic mass is 28.4. The molecule has 0 amide bonds. The molecular formula is C50H86O8Si2. The minimum atomic E-state index is -2.14. The fraction of sp³-hybridized carbons (Fsp3) is 0.780. The predicted octanol–water partition coefficient (Wildman–Crippen LogP) is 12.0. The van der Waals surface area contributed by atoms with Crippen LogP contribution in [0.2, 0.25) is 36.3 Å². The third-order valence-corrected chi connectivity index (χ3v) is 23.5. The van der Waals surface area contributed by atoms with Gasteiger partial charge in [-0.15, -0.1) is 0 Å². The molecule has 8 nitrogen and oxygen atoms in total. The Kier molecular flexibility index (Phi) is 17.8. The molecule has 0 bridgehead atoms. The molecule has 10 atom stereocenters. The monoisotopic (exact) mass is 871 g/mol. The van der Waals surface area contributed by atoms with Crippen LogP contribution in [0.1, 0.15) is 126 Å². The van der Waals surface area contributed by atoms with Gasteiger partial charge >= 0.3 is 5.97 Å². The van der Waals surface area contributed by atoms with Gasteiger partial charge in [0.1, 0.15) is 0 Å². The summed E-state index contributed by atoms with van der Waals surface area (Å²) in [6.07, 6.45) is 7.18. The third-order valence-electron chi connectivity index (χ3n) is 14.4. The quantitative estimate of drug-likeness (QED) is 0.0588. The molecule has 3 aliphatic rings. The van der Waals surface area contributed by atoms with Gasteiger partial charge in [0.2, 0.25) is 0 Å². The van der Waals surface area contributed by atoms with Gasteiger partial charge in [-0.25, -0.2) is 0 Å². The molecule has 3 saturated heterocycles. The molecule has 1 unspecified atom stereocenters. The summed E-state index contributed by atoms with van der Waals surface area (Å²) in [7, 11) is -2.32. The van der Waals surface area contributed by atoms with E-state index in [1.165, 1.54) is 5.56 Å². The van der Waals surface area contributed by atoms with Crippen molar-refractivity contribution in [3.8, 4) is 0 Å². The Morgan fingerprint density at radius 2 is 1.47 bits per heavy atom. The lowest BCUT2D eigenvalue weighted by Gasteiger charge is -2.42. The van der Waals surface area contributed by atoms with Crippen molar-refractivity contribution in [2.24, 2.45) is 17.3 Å². The Hall–Kier alpha value is -1.64. The molecule has 60 heavy (non-hydrogen) atoms. The molecule has 3 fully saturated rings. The van der Waals surface area contributed by atoms with Crippen LogP contribution in [0, 0.1) is 17.3 Å². The standard InChI is InChI=1S/C50H86O8Si2/c1-34-28-39(25-26-42-35(2)29-38(55-42)24-21-27-53-47(51)48(4,5)6)56-43(36(34)3)32-44-41(30-37-22-19-18-20-23-37)46(52-13)45(57-44)31-40(58-60(16,17)50(10,11)12)33-54-59(14,15)49(7,8)9/h18-20,22-23,34,38-46H,2-3,21,24-33H2,1,4-17H3/t34-,38+,39+,40+,41+,42+,43?,44+,45-,46-/m1/s1. The zero-order chi connectivity index (χ0) is 44.8. The van der Waals surface area contributed by atoms with E-state index in [2.05, 4.69) is 118 Å². The predicted molar refractivity (Wildman–Crippen MR) is 250 cm³/mol. The zero-order valence-corrected chi connectivity index (χ0v) is 42.6. The van der Waals surface area contributed by atoms with Crippen LogP contribution < -0.4 is 0 Å². The summed E-state index contributed by atoms with van der Waals surface area (Å²) < 4.78 is 46.8. The molecule has 0 aliphatic carbocycles. The topological polar surface area (TPSA) is 81.7 Å². The van der Waals surface area contributed by atoms with Gasteiger partial charge in [0.05, 0.1) is 67.5 Å². The van der Waals surface area contributed by atoms with Crippen molar-refractivity contribution in [3.63, 3.8) is 0 Å². The number of hydrogen-bond acceptors (Lipinski definition) is 8. The maximum Gasteiger partial charge on any atom is 0.311 e. The average Bonchev–Trinajstić information content (AvgIpc) is 3.66. The van der Waals surface area contributed by atoms with Crippen LogP contribution in [0.3, 0.4) is 0 Å². The van der Waals surface area contributed by atoms with Gasteiger partial charge in [-0.05, 0) is 125 Å². The summed E-state index contributed by atoms with van der Waals surface area (Å²) in [5.41, 5.74) is 3.10. The van der Waals surface area contributed by atoms with Gasteiger partial charge < -0.3 is 32.5 Å². The molecule has 10 heteroatoms. The first-order valence-electron chi connectivity index (χ1n) is 23.1. The summed E-state index contributed by atoms with van der Waals surface area (Å²) >= 11 is 0. The third kappa shape index (κ3) is 13.9. The lowest BCUT2D eigenvalue weighted by Crippen LogP contribution is -2.49. The van der Waals surface area contributed by atoms with E-state index in [0.29, 0.717) is 25.6 Å². The Morgan fingerprint density at radius 3 is 2.07 bits per heavy atom. The highest BCUT2D eigenvalue weighted by Gasteiger charge is 2.49. The van der Waals surface area contributed by atoms with E-state index in [-0.39, 0.29) is 70.8 Å². The van der Waals surface area contributed by atoms with Crippen molar-refractivity contribution in [2.75, 3.05) is 20.3 Å². The normalized spacial score (nSPS) is 28.9. The Morgan fingerprint density at radius 1 is 0.833 bits per heavy atom. The van der Waals surface area contributed by atoms with E-state index < -0.39 is 22.0 Å². The molecule has 0 radical (unpaired) electrons. The van der Waals surface area contributed by atoms with Gasteiger partial charge in [-0.2, -0.15) is 0 Å². The summed E-state index contributed by atoms with van der Waals surface area (Å²) in [4.78, 5) is 12.2. The van der Waals surface area contributed by atoms with Crippen molar-refractivity contribution in [1.29, 1.82) is 0 Å². The highest BCUT2D eigenvalue weighted by molar-refractivity contribution is 6.74. The number of benzene rings is 1. The van der Waals surface area contributed by atoms with Gasteiger partial charge in [0, 0.05) is 25.9 Å². The lowest BCUT2D eigenvalue weighted by atomic mass is 9.81. The number of carbonyl (C=O) groups excluding carboxylic acids is 1. The van der Waals surface area contributed by atoms with Crippen molar-refractivity contribution in [1.82, 2.24) is 0 Å². The van der Waals surface area contributed by atoms with E-state index in [1.807, 2.05) is 27.9 Å². The van der Waals surface area contributed by atoms with Gasteiger partial charge in [-0.1, -0.05) is 92.0 Å². The molecule has 3 aliphatic heterocycles. The van der Waals surface area contributed by atoms with Gasteiger partial charge in [-0.3, -0.25) is 4.79 Å². The van der Waals surface area contributed by atoms with E-state index in [9.17, 15) is 4.79 Å². The van der Waals surface area contributed by atoms with Crippen LogP contribution >= 0.6 is 0 Å². The molecule has 0 N–H and O–H groups in total. The van der Waals surface area contributed by atoms with Crippen LogP contribution in [0.4, 0.5) is 0 Å². The number of methoxy groups -OCH3 is 1. The Bertz CT molecular complexity index is 1540. The first-order valence-corrected chi connectivity index (χ1v) is 28.9. The number of esters is 1. The van der Waals surface area contributed by atoms with Crippen molar-refractivity contribution in [3.05, 3.63) is 60.2 Å². The van der Waals surface area contributed by atoms with E-state index in [1.54, 1.807) is 0 Å². The molecule has 1 aromatic carbocycles. The number of ether oxygens (including phenoxy) is 5. The zero-order valence-electron chi connectivity index (χ0n) is 40.6. The summed E-state index contributed by atoms with van der Waals surface area (Å²) in [6.45, 7) is 41.0. The van der Waals surface area contributed by atoms with Crippen LogP contribution in [0.15, 0.2) is 54.6 Å². The molecule has 4 rings (SSSR count). The fourth-order valence-electron chi connectivity index (χ4n) is 8.41. The molecule has 0 saturated carbocycles. The summed E-state index contributed by atoms with van der Waals surface area (Å²) in [5, 5.41) is 0.161. The molecule has 0 spiro atoms. The minimum absolute atomic E-state index is 0.0216. The van der Waals surface area contributed by atoms with Crippen molar-refractivity contribution in [2.45, 2.75) is 212 Å². The van der Waals surface area contributed by atoms with E-state index >= 15 is 0 Å². The molecule has 3 heterocycles. The average molecular weight is 871 g/mol. The number of hydrogen-bond donors (Lipinski definition) is 0. The van der Waals surface area contributed by atoms with Crippen LogP contribution in [-0.2, 0) is 43.8 Å². The molecule has 0 aromatic heterocycles. The number of carbonyl (C=O) groups is 1. The summed E-state index contributed by atoms with van der Waals surface area (Å²) in [6, 6.07) is 10.7. The van der Waals surface area contributed by atoms with Crippen LogP contribution in [0.5, 0.6) is 0 Å². The van der Waals surface area contributed by atoms with E-state index in [0.717, 1.165) is 62.5 Å². The minimum Gasteiger partial charge on any atom is -0.465 e. The first kappa shape index (κ1) is 51.0. The Balaban J connectivity index is 1.46. The molecule has 342 valence electrons. The van der Waals surface area contributed by atoms with Crippen LogP contribution in [-0.4, -0.2) is 91.8 Å². The smallest absolute Gasteiger partial charge is 0.311 e. The van der Waals surface area contributed by atoms with Gasteiger partial charge in [0.15, 0.2) is 16.6 Å². The Labute approximate surface area is 368 Å². The van der Waals surface area contributed by atoms with Crippen molar-refractivity contribution >= 4 is 22.6 Å². The van der Waals surface area contributed by atoms with Crippen molar-refractivity contribution < 1.29 is 37.3 Å². The van der Waals surface area contributed by atoms with E-state index in [4.69, 9.17) is 32.5 Å². The highest BCUT2D eigenvalue weighted by Crippen LogP contribution is 2.44. The second-order valence-corrected chi connectivity index (χ2v) is 32.0. The molecule has 1 aromatic rings. The maximum absolute atomic E-state index is 12.2. The molecular weight excluding hydrogens is 785 g/mol. The van der Waals surface area contributed by atoms with Crippen LogP contribution in [0.25, 0.3) is 0 Å². The second-order valence-electron chi connectivity index (χ2n) is 22.5. The maximum atomic E-state index is 12.2. The second kappa shape index (κ2) is 20.9.